The van der Waals surface area contributed by atoms with Crippen molar-refractivity contribution in [2.45, 2.75) is 60.2 Å². The first kappa shape index (κ1) is 76.4. The van der Waals surface area contributed by atoms with Crippen LogP contribution in [0.5, 0.6) is 23.0 Å². The van der Waals surface area contributed by atoms with Crippen LogP contribution in [0.25, 0.3) is 123 Å². The summed E-state index contributed by atoms with van der Waals surface area (Å²) >= 11 is 5.77. The van der Waals surface area contributed by atoms with Crippen LogP contribution in [0.4, 0.5) is 11.4 Å². The lowest BCUT2D eigenvalue weighted by molar-refractivity contribution is 0.00578. The van der Waals surface area contributed by atoms with Gasteiger partial charge < -0.3 is 24.1 Å². The second-order valence-corrected chi connectivity index (χ2v) is 31.2. The molecular weight excluding hydrogens is 1590 g/mol. The van der Waals surface area contributed by atoms with Gasteiger partial charge in [-0.15, -0.1) is 0 Å². The molecule has 115 heavy (non-hydrogen) atoms. The topological polar surface area (TPSA) is 110 Å². The van der Waals surface area contributed by atoms with E-state index in [4.69, 9.17) is 38.7 Å². The third-order valence-electron chi connectivity index (χ3n) is 21.2. The van der Waals surface area contributed by atoms with Crippen molar-refractivity contribution in [3.63, 3.8) is 0 Å². The number of hydrogen-bond donors (Lipinski definition) is 1. The van der Waals surface area contributed by atoms with Crippen molar-refractivity contribution in [2.24, 2.45) is 0 Å². The van der Waals surface area contributed by atoms with Crippen molar-refractivity contribution in [3.8, 4) is 102 Å². The molecule has 1 saturated heterocycles. The average molecular weight is 1680 g/mol. The molecule has 4 aromatic heterocycles. The first-order valence-electron chi connectivity index (χ1n) is 37.7. The Balaban J connectivity index is 0.000000128. The molecule has 0 bridgehead atoms. The Morgan fingerprint density at radius 1 is 0.330 bits per heavy atom. The summed E-state index contributed by atoms with van der Waals surface area (Å²) in [6.45, 7) is 8.32. The Labute approximate surface area is 693 Å². The number of para-hydroxylation sites is 5. The van der Waals surface area contributed by atoms with Crippen molar-refractivity contribution in [1.29, 1.82) is 0 Å². The van der Waals surface area contributed by atoms with E-state index in [9.17, 15) is 0 Å². The summed E-state index contributed by atoms with van der Waals surface area (Å²) in [7, 11) is -0.461. The Hall–Kier alpha value is -12.6. The number of benzene rings is 14. The summed E-state index contributed by atoms with van der Waals surface area (Å²) in [6, 6.07) is 123. The quantitative estimate of drug-likeness (QED) is 0.112. The van der Waals surface area contributed by atoms with Gasteiger partial charge in [0.05, 0.1) is 67.4 Å². The third kappa shape index (κ3) is 15.7. The first-order valence-corrected chi connectivity index (χ1v) is 39.6. The Bertz CT molecular complexity index is 6420. The van der Waals surface area contributed by atoms with Gasteiger partial charge in [-0.05, 0) is 180 Å². The molecule has 3 aliphatic rings. The normalized spacial score (nSPS) is 13.0. The van der Waals surface area contributed by atoms with Crippen molar-refractivity contribution in [1.82, 2.24) is 29.1 Å². The minimum atomic E-state index is -0.461. The zero-order valence-electron chi connectivity index (χ0n) is 62.4. The Kier molecular flexibility index (Phi) is 21.8. The lowest BCUT2D eigenvalue weighted by atomic mass is 9.79. The molecule has 0 aliphatic carbocycles. The van der Waals surface area contributed by atoms with Crippen LogP contribution >= 0.6 is 38.5 Å². The van der Waals surface area contributed by atoms with Crippen LogP contribution in [-0.4, -0.2) is 47.4 Å². The standard InChI is InChI=1S/C40H26N4O.C34H30BN3O2.C13H9BrO.C12H9I.2CH4/c1-3-11-26(12-4-1)34-25-35(27-13-5-2-6-14-27)43-40(42-34)44-36-17-9-7-15-30(36)31-21-19-28(23-37(31)44)29-20-22-33-39(24-29)45-38-18-10-8-16-32(38)41-33;1-33(2)34(3,4)40-35(39-33)25-19-20-27-26-17-11-12-18-30(26)38(31(27)21-25)32-36-28(23-13-7-5-8-14-23)22-29(37-32)24-15-9-6-10-16-24;14-11-6-5-10-7-9-3-1-2-4-12(9)15-13(10)8-11;13-12-8-6-11(7-9-12)10-4-2-1-3-5-10;;/h1-25,41H;5-22H,1-4H3;1-6,8H,7H2;1-9H;2*1H4. The minimum absolute atomic E-state index is 0. The summed E-state index contributed by atoms with van der Waals surface area (Å²) in [5, 5.41) is 8.07. The molecule has 1 N–H and O–H groups in total. The monoisotopic (exact) mass is 1670 g/mol. The number of hydrogen-bond acceptors (Lipinski definition) is 9. The van der Waals surface area contributed by atoms with E-state index in [1.807, 2.05) is 127 Å². The van der Waals surface area contributed by atoms with E-state index in [1.54, 1.807) is 0 Å². The molecule has 0 saturated carbocycles. The van der Waals surface area contributed by atoms with Crippen LogP contribution in [-0.2, 0) is 15.7 Å². The molecule has 0 atom stereocenters. The summed E-state index contributed by atoms with van der Waals surface area (Å²) in [4.78, 5) is 20.6. The molecule has 1 fully saturated rings. The van der Waals surface area contributed by atoms with E-state index < -0.39 is 18.3 Å². The molecule has 3 aliphatic heterocycles. The van der Waals surface area contributed by atoms with E-state index in [-0.39, 0.29) is 14.9 Å². The number of anilines is 2. The molecule has 18 aromatic rings. The van der Waals surface area contributed by atoms with E-state index in [0.29, 0.717) is 11.9 Å². The maximum Gasteiger partial charge on any atom is 0.494 e. The third-order valence-corrected chi connectivity index (χ3v) is 22.5. The SMILES string of the molecule is Brc1ccc2c(c1)Oc1ccccc1C2.C.C.CC1(C)OB(c2ccc3c4ccccc4n(-c4nc(-c5ccccc5)cc(-c5ccccc5)n4)c3c2)OC1(C)C.Ic1ccc(-c2ccccc2)cc1.c1ccc(-c2cc(-c3ccccc3)nc(-n3c4ccccc4c4ccc(-c5ccc6c(c5)Oc5ccccc5N6)cc43)n2)cc1. The number of aromatic nitrogens is 6. The lowest BCUT2D eigenvalue weighted by Crippen LogP contribution is -2.41. The van der Waals surface area contributed by atoms with Crippen LogP contribution < -0.4 is 20.3 Å². The summed E-state index contributed by atoms with van der Waals surface area (Å²) in [6.07, 6.45) is 0.957. The number of halogens is 2. The van der Waals surface area contributed by atoms with Crippen LogP contribution in [0.2, 0.25) is 0 Å². The zero-order chi connectivity index (χ0) is 76.6. The molecule has 11 nitrogen and oxygen atoms in total. The predicted octanol–water partition coefficient (Wildman–Crippen LogP) is 27.0. The summed E-state index contributed by atoms with van der Waals surface area (Å²) in [5.41, 5.74) is 21.1. The van der Waals surface area contributed by atoms with Crippen LogP contribution in [0.3, 0.4) is 0 Å². The molecular formula is C101H82BBrIN7O4. The first-order chi connectivity index (χ1) is 55.3. The van der Waals surface area contributed by atoms with Gasteiger partial charge in [-0.25, -0.2) is 19.9 Å². The number of fused-ring (bicyclic) bond motifs is 10. The highest BCUT2D eigenvalue weighted by atomic mass is 127. The number of rotatable bonds is 9. The molecule has 14 aromatic carbocycles. The Morgan fingerprint density at radius 2 is 0.722 bits per heavy atom. The number of nitrogens with zero attached hydrogens (tertiary/aromatic N) is 6. The second kappa shape index (κ2) is 32.9. The number of ether oxygens (including phenoxy) is 2. The largest absolute Gasteiger partial charge is 0.494 e. The van der Waals surface area contributed by atoms with Gasteiger partial charge in [0.1, 0.15) is 11.5 Å². The highest BCUT2D eigenvalue weighted by Gasteiger charge is 2.52. The van der Waals surface area contributed by atoms with Crippen LogP contribution in [0.1, 0.15) is 53.7 Å². The second-order valence-electron chi connectivity index (χ2n) is 29.1. The van der Waals surface area contributed by atoms with Gasteiger partial charge >= 0.3 is 7.12 Å². The molecule has 0 spiro atoms. The minimum Gasteiger partial charge on any atom is -0.457 e. The van der Waals surface area contributed by atoms with Crippen molar-refractivity contribution in [3.05, 3.63) is 377 Å². The maximum absolute atomic E-state index is 6.41. The van der Waals surface area contributed by atoms with Gasteiger partial charge in [0.15, 0.2) is 11.5 Å². The van der Waals surface area contributed by atoms with E-state index in [1.165, 1.54) is 25.8 Å². The van der Waals surface area contributed by atoms with Gasteiger partial charge in [-0.2, -0.15) is 0 Å². The summed E-state index contributed by atoms with van der Waals surface area (Å²) in [5.74, 6) is 4.82. The highest BCUT2D eigenvalue weighted by molar-refractivity contribution is 14.1. The van der Waals surface area contributed by atoms with Gasteiger partial charge in [0.2, 0.25) is 11.9 Å². The van der Waals surface area contributed by atoms with Crippen molar-refractivity contribution in [2.75, 3.05) is 5.32 Å². The molecule has 0 radical (unpaired) electrons. The Morgan fingerprint density at radius 3 is 1.26 bits per heavy atom. The molecule has 7 heterocycles. The average Bonchev–Trinajstić information content (AvgIpc) is 1.59. The van der Waals surface area contributed by atoms with E-state index in [2.05, 4.69) is 311 Å². The lowest BCUT2D eigenvalue weighted by Gasteiger charge is -2.32. The van der Waals surface area contributed by atoms with E-state index in [0.717, 1.165) is 150 Å². The van der Waals surface area contributed by atoms with Crippen LogP contribution in [0.15, 0.2) is 362 Å². The molecule has 0 amide bonds. The molecule has 0 unspecified atom stereocenters. The van der Waals surface area contributed by atoms with Gasteiger partial charge in [0.25, 0.3) is 0 Å². The fourth-order valence-corrected chi connectivity index (χ4v) is 15.4. The summed E-state index contributed by atoms with van der Waals surface area (Å²) < 4.78 is 31.6. The zero-order valence-corrected chi connectivity index (χ0v) is 66.2. The smallest absolute Gasteiger partial charge is 0.457 e. The van der Waals surface area contributed by atoms with Crippen molar-refractivity contribution < 1.29 is 18.8 Å². The van der Waals surface area contributed by atoms with Gasteiger partial charge in [0, 0.05) is 58.3 Å². The fourth-order valence-electron chi connectivity index (χ4n) is 14.7. The maximum atomic E-state index is 6.41. The van der Waals surface area contributed by atoms with Gasteiger partial charge in [-0.3, -0.25) is 9.13 Å². The fraction of sp³-hybridized carbons (Fsp3) is 0.0891. The number of nitrogens with one attached hydrogen (secondary N) is 1. The molecule has 14 heteroatoms. The van der Waals surface area contributed by atoms with Gasteiger partial charge in [-0.1, -0.05) is 298 Å². The highest BCUT2D eigenvalue weighted by Crippen LogP contribution is 2.46. The van der Waals surface area contributed by atoms with E-state index >= 15 is 0 Å². The van der Waals surface area contributed by atoms with Crippen LogP contribution in [0, 0.1) is 3.57 Å². The molecule has 21 rings (SSSR count). The predicted molar refractivity (Wildman–Crippen MR) is 487 cm³/mol. The molecule has 562 valence electrons. The van der Waals surface area contributed by atoms with Crippen molar-refractivity contribution >= 4 is 106 Å².